The summed E-state index contributed by atoms with van der Waals surface area (Å²) in [6.07, 6.45) is 17.5. The van der Waals surface area contributed by atoms with E-state index in [-0.39, 0.29) is 18.3 Å². The van der Waals surface area contributed by atoms with Crippen LogP contribution < -0.4 is 0 Å². The van der Waals surface area contributed by atoms with Gasteiger partial charge in [-0.1, -0.05) is 57.8 Å². The van der Waals surface area contributed by atoms with E-state index in [2.05, 4.69) is 0 Å². The van der Waals surface area contributed by atoms with Crippen LogP contribution in [0.1, 0.15) is 96.3 Å². The number of rotatable bonds is 6. The summed E-state index contributed by atoms with van der Waals surface area (Å²) in [5, 5.41) is 0. The summed E-state index contributed by atoms with van der Waals surface area (Å²) < 4.78 is 18.3. The standard InChI is InChI=1S/C18H34O4P/c19-23(20-16-10-4-1-5-11-16,21-17-12-6-2-7-13-17)22-18-14-8-3-9-15-18/h16-19H,1-15H2/q+1. The molecule has 1 N–H and O–H groups in total. The van der Waals surface area contributed by atoms with Crippen LogP contribution in [-0.4, -0.2) is 23.2 Å². The predicted molar refractivity (Wildman–Crippen MR) is 93.0 cm³/mol. The fourth-order valence-electron chi connectivity index (χ4n) is 4.15. The van der Waals surface area contributed by atoms with Gasteiger partial charge < -0.3 is 0 Å². The van der Waals surface area contributed by atoms with Gasteiger partial charge in [0.15, 0.2) is 0 Å². The van der Waals surface area contributed by atoms with Gasteiger partial charge in [0.2, 0.25) is 0 Å². The fourth-order valence-corrected chi connectivity index (χ4v) is 6.06. The van der Waals surface area contributed by atoms with Crippen LogP contribution in [0.2, 0.25) is 0 Å². The van der Waals surface area contributed by atoms with E-state index in [9.17, 15) is 4.89 Å². The van der Waals surface area contributed by atoms with Crippen LogP contribution in [0.15, 0.2) is 0 Å². The molecule has 0 aromatic carbocycles. The lowest BCUT2D eigenvalue weighted by molar-refractivity contribution is -0.0162. The highest BCUT2D eigenvalue weighted by Gasteiger charge is 2.52. The van der Waals surface area contributed by atoms with Crippen LogP contribution in [0.5, 0.6) is 0 Å². The average molecular weight is 345 g/mol. The molecule has 0 aromatic heterocycles. The topological polar surface area (TPSA) is 47.9 Å². The third kappa shape index (κ3) is 5.93. The molecule has 0 amide bonds. The maximum Gasteiger partial charge on any atom is 0.573 e. The van der Waals surface area contributed by atoms with E-state index in [0.29, 0.717) is 0 Å². The monoisotopic (exact) mass is 345 g/mol. The number of hydrogen-bond acceptors (Lipinski definition) is 4. The lowest BCUT2D eigenvalue weighted by Gasteiger charge is -2.30. The van der Waals surface area contributed by atoms with E-state index >= 15 is 0 Å². The summed E-state index contributed by atoms with van der Waals surface area (Å²) in [6.45, 7) is 0. The Balaban J connectivity index is 1.59. The Morgan fingerprint density at radius 1 is 0.478 bits per heavy atom. The first kappa shape index (κ1) is 18.1. The van der Waals surface area contributed by atoms with Crippen molar-refractivity contribution in [3.63, 3.8) is 0 Å². The molecule has 0 unspecified atom stereocenters. The Hall–Kier alpha value is 0.270. The zero-order valence-electron chi connectivity index (χ0n) is 14.5. The molecular weight excluding hydrogens is 311 g/mol. The van der Waals surface area contributed by atoms with Crippen molar-refractivity contribution in [2.24, 2.45) is 0 Å². The molecule has 0 aliphatic heterocycles. The van der Waals surface area contributed by atoms with Gasteiger partial charge in [0, 0.05) is 0 Å². The maximum absolute atomic E-state index is 11.1. The van der Waals surface area contributed by atoms with Crippen LogP contribution in [0.25, 0.3) is 0 Å². The zero-order valence-corrected chi connectivity index (χ0v) is 15.4. The average Bonchev–Trinajstić information content (AvgIpc) is 2.57. The molecule has 0 bridgehead atoms. The Kier molecular flexibility index (Phi) is 7.15. The maximum atomic E-state index is 11.1. The summed E-state index contributed by atoms with van der Waals surface area (Å²) in [6, 6.07) is 0. The molecule has 0 radical (unpaired) electrons. The second-order valence-electron chi connectivity index (χ2n) is 7.56. The summed E-state index contributed by atoms with van der Waals surface area (Å²) in [5.74, 6) is 0. The Morgan fingerprint density at radius 3 is 1.00 bits per heavy atom. The minimum atomic E-state index is -3.17. The fraction of sp³-hybridized carbons (Fsp3) is 1.00. The first-order valence-corrected chi connectivity index (χ1v) is 11.4. The van der Waals surface area contributed by atoms with Gasteiger partial charge in [-0.2, -0.15) is 4.89 Å². The molecule has 0 atom stereocenters. The van der Waals surface area contributed by atoms with Crippen molar-refractivity contribution in [1.82, 2.24) is 0 Å². The molecule has 5 heteroatoms. The summed E-state index contributed by atoms with van der Waals surface area (Å²) in [5.41, 5.74) is 0. The van der Waals surface area contributed by atoms with Gasteiger partial charge >= 0.3 is 8.17 Å². The van der Waals surface area contributed by atoms with Crippen LogP contribution >= 0.6 is 8.17 Å². The number of hydrogen-bond donors (Lipinski definition) is 1. The van der Waals surface area contributed by atoms with Crippen LogP contribution in [-0.2, 0) is 13.6 Å². The molecule has 0 saturated heterocycles. The summed E-state index contributed by atoms with van der Waals surface area (Å²) in [4.78, 5) is 11.1. The van der Waals surface area contributed by atoms with E-state index in [1.165, 1.54) is 57.8 Å². The van der Waals surface area contributed by atoms with E-state index in [1.807, 2.05) is 0 Å². The van der Waals surface area contributed by atoms with E-state index < -0.39 is 8.17 Å². The lowest BCUT2D eigenvalue weighted by atomic mass is 9.98. The quantitative estimate of drug-likeness (QED) is 0.627. The molecule has 0 spiro atoms. The molecule has 134 valence electrons. The Morgan fingerprint density at radius 2 is 0.739 bits per heavy atom. The van der Waals surface area contributed by atoms with Crippen molar-refractivity contribution in [2.75, 3.05) is 0 Å². The largest absolute Gasteiger partial charge is 0.573 e. The van der Waals surface area contributed by atoms with Crippen LogP contribution in [0.3, 0.4) is 0 Å². The zero-order chi connectivity index (χ0) is 16.0. The Labute approximate surface area is 141 Å². The minimum Gasteiger partial charge on any atom is -0.168 e. The lowest BCUT2D eigenvalue weighted by Crippen LogP contribution is -2.27. The molecule has 23 heavy (non-hydrogen) atoms. The van der Waals surface area contributed by atoms with Gasteiger partial charge in [0.05, 0.1) is 0 Å². The molecule has 4 nitrogen and oxygen atoms in total. The van der Waals surface area contributed by atoms with Crippen molar-refractivity contribution in [2.45, 2.75) is 115 Å². The molecule has 0 heterocycles. The van der Waals surface area contributed by atoms with Gasteiger partial charge in [0.1, 0.15) is 18.3 Å². The highest BCUT2D eigenvalue weighted by molar-refractivity contribution is 7.55. The minimum absolute atomic E-state index is 0.120. The normalized spacial score (nSPS) is 26.5. The molecule has 3 saturated carbocycles. The highest BCUT2D eigenvalue weighted by Crippen LogP contribution is 2.63. The second-order valence-corrected chi connectivity index (χ2v) is 9.13. The Bertz CT molecular complexity index is 284. The van der Waals surface area contributed by atoms with Crippen LogP contribution in [0, 0.1) is 0 Å². The first-order chi connectivity index (χ1) is 11.2. The third-order valence-electron chi connectivity index (χ3n) is 5.50. The van der Waals surface area contributed by atoms with Crippen molar-refractivity contribution in [3.8, 4) is 0 Å². The van der Waals surface area contributed by atoms with E-state index in [0.717, 1.165) is 38.5 Å². The van der Waals surface area contributed by atoms with E-state index in [4.69, 9.17) is 13.6 Å². The smallest absolute Gasteiger partial charge is 0.168 e. The summed E-state index contributed by atoms with van der Waals surface area (Å²) >= 11 is 0. The molecule has 3 fully saturated rings. The second kappa shape index (κ2) is 9.10. The molecule has 3 aliphatic rings. The SMILES string of the molecule is O[P+](OC1CCCCC1)(OC1CCCCC1)OC1CCCCC1. The highest BCUT2D eigenvalue weighted by atomic mass is 31.2. The molecule has 3 aliphatic carbocycles. The van der Waals surface area contributed by atoms with Crippen molar-refractivity contribution < 1.29 is 18.5 Å². The summed E-state index contributed by atoms with van der Waals surface area (Å²) in [7, 11) is -3.17. The van der Waals surface area contributed by atoms with Gasteiger partial charge in [-0.05, 0) is 38.5 Å². The van der Waals surface area contributed by atoms with Gasteiger partial charge in [-0.15, -0.1) is 13.6 Å². The van der Waals surface area contributed by atoms with Crippen molar-refractivity contribution >= 4 is 8.17 Å². The van der Waals surface area contributed by atoms with Gasteiger partial charge in [-0.3, -0.25) is 0 Å². The first-order valence-electron chi connectivity index (χ1n) is 9.90. The van der Waals surface area contributed by atoms with Crippen molar-refractivity contribution in [1.29, 1.82) is 0 Å². The molecule has 3 rings (SSSR count). The predicted octanol–water partition coefficient (Wildman–Crippen LogP) is 5.70. The van der Waals surface area contributed by atoms with Gasteiger partial charge in [-0.25, -0.2) is 0 Å². The van der Waals surface area contributed by atoms with Crippen molar-refractivity contribution in [3.05, 3.63) is 0 Å². The van der Waals surface area contributed by atoms with Gasteiger partial charge in [0.25, 0.3) is 0 Å². The van der Waals surface area contributed by atoms with Crippen LogP contribution in [0.4, 0.5) is 0 Å². The van der Waals surface area contributed by atoms with E-state index in [1.54, 1.807) is 0 Å². The third-order valence-corrected chi connectivity index (χ3v) is 7.20. The molecular formula is C18H34O4P+. The molecule has 0 aromatic rings.